The van der Waals surface area contributed by atoms with Crippen LogP contribution in [-0.4, -0.2) is 5.71 Å². The van der Waals surface area contributed by atoms with Gasteiger partial charge in [-0.3, -0.25) is 0 Å². The Bertz CT molecular complexity index is 910. The lowest BCUT2D eigenvalue weighted by Gasteiger charge is -2.13. The molecule has 0 fully saturated rings. The van der Waals surface area contributed by atoms with E-state index in [0.29, 0.717) is 23.6 Å². The second-order valence-corrected chi connectivity index (χ2v) is 5.44. The summed E-state index contributed by atoms with van der Waals surface area (Å²) in [6.45, 7) is 0.398. The molecule has 0 heterocycles. The number of ether oxygens (including phenoxy) is 1. The normalized spacial score (nSPS) is 10.9. The van der Waals surface area contributed by atoms with Crippen molar-refractivity contribution in [2.75, 3.05) is 0 Å². The number of para-hydroxylation sites is 1. The summed E-state index contributed by atoms with van der Waals surface area (Å²) in [5.74, 6) is 6.35. The van der Waals surface area contributed by atoms with E-state index >= 15 is 0 Å². The van der Waals surface area contributed by atoms with Gasteiger partial charge in [-0.15, -0.1) is 0 Å². The Labute approximate surface area is 146 Å². The van der Waals surface area contributed by atoms with Crippen LogP contribution in [-0.2, 0) is 6.61 Å². The first-order valence-electron chi connectivity index (χ1n) is 7.86. The summed E-state index contributed by atoms with van der Waals surface area (Å²) in [5.41, 5.74) is 4.06. The van der Waals surface area contributed by atoms with E-state index < -0.39 is 0 Å². The Kier molecular flexibility index (Phi) is 5.08. The molecule has 4 nitrogen and oxygen atoms in total. The molecule has 0 radical (unpaired) electrons. The minimum absolute atomic E-state index is 0.398. The zero-order valence-electron chi connectivity index (χ0n) is 13.6. The number of hydrogen-bond donors (Lipinski definition) is 1. The lowest BCUT2D eigenvalue weighted by Crippen LogP contribution is -2.09. The van der Waals surface area contributed by atoms with Gasteiger partial charge < -0.3 is 10.6 Å². The molecule has 3 rings (SSSR count). The standard InChI is InChI=1S/C21H17N3O/c22-14-16-10-12-17(13-11-16)15-25-20-9-5-4-8-19(20)21(24-23)18-6-2-1-3-7-18/h1-13H,15,23H2/b24-21-. The van der Waals surface area contributed by atoms with E-state index in [-0.39, 0.29) is 0 Å². The van der Waals surface area contributed by atoms with Crippen molar-refractivity contribution in [1.29, 1.82) is 5.26 Å². The molecular formula is C21H17N3O. The van der Waals surface area contributed by atoms with Gasteiger partial charge in [-0.25, -0.2) is 0 Å². The summed E-state index contributed by atoms with van der Waals surface area (Å²) >= 11 is 0. The average Bonchev–Trinajstić information content (AvgIpc) is 2.69. The van der Waals surface area contributed by atoms with E-state index in [1.807, 2.05) is 66.7 Å². The fraction of sp³-hybridized carbons (Fsp3) is 0.0476. The highest BCUT2D eigenvalue weighted by Crippen LogP contribution is 2.23. The van der Waals surface area contributed by atoms with Crippen LogP contribution in [0.2, 0.25) is 0 Å². The maximum absolute atomic E-state index is 8.86. The van der Waals surface area contributed by atoms with Crippen molar-refractivity contribution in [2.24, 2.45) is 10.9 Å². The van der Waals surface area contributed by atoms with Crippen molar-refractivity contribution in [3.8, 4) is 11.8 Å². The fourth-order valence-corrected chi connectivity index (χ4v) is 2.52. The van der Waals surface area contributed by atoms with Crippen LogP contribution in [0.15, 0.2) is 84.0 Å². The number of nitrogens with two attached hydrogens (primary N) is 1. The van der Waals surface area contributed by atoms with Gasteiger partial charge in [0.25, 0.3) is 0 Å². The van der Waals surface area contributed by atoms with Crippen molar-refractivity contribution in [3.05, 3.63) is 101 Å². The van der Waals surface area contributed by atoms with Gasteiger partial charge in [0, 0.05) is 11.1 Å². The van der Waals surface area contributed by atoms with Crippen LogP contribution in [0, 0.1) is 11.3 Å². The fourth-order valence-electron chi connectivity index (χ4n) is 2.52. The van der Waals surface area contributed by atoms with Gasteiger partial charge in [0.05, 0.1) is 11.6 Å². The van der Waals surface area contributed by atoms with E-state index in [4.69, 9.17) is 15.8 Å². The Morgan fingerprint density at radius 2 is 1.60 bits per heavy atom. The van der Waals surface area contributed by atoms with Gasteiger partial charge in [-0.2, -0.15) is 10.4 Å². The monoisotopic (exact) mass is 327 g/mol. The zero-order valence-corrected chi connectivity index (χ0v) is 13.6. The van der Waals surface area contributed by atoms with Crippen molar-refractivity contribution >= 4 is 5.71 Å². The lowest BCUT2D eigenvalue weighted by molar-refractivity contribution is 0.305. The summed E-state index contributed by atoms with van der Waals surface area (Å²) in [6.07, 6.45) is 0. The zero-order chi connectivity index (χ0) is 17.5. The largest absolute Gasteiger partial charge is 0.488 e. The molecule has 0 aliphatic heterocycles. The van der Waals surface area contributed by atoms with Gasteiger partial charge in [0.1, 0.15) is 18.1 Å². The van der Waals surface area contributed by atoms with Crippen molar-refractivity contribution in [1.82, 2.24) is 0 Å². The number of nitrogens with zero attached hydrogens (tertiary/aromatic N) is 2. The summed E-state index contributed by atoms with van der Waals surface area (Å²) in [6, 6.07) is 26.9. The van der Waals surface area contributed by atoms with E-state index in [0.717, 1.165) is 16.7 Å². The minimum atomic E-state index is 0.398. The molecule has 0 bridgehead atoms. The van der Waals surface area contributed by atoms with Crippen LogP contribution in [0.25, 0.3) is 0 Å². The molecule has 0 amide bonds. The average molecular weight is 327 g/mol. The first-order chi connectivity index (χ1) is 12.3. The van der Waals surface area contributed by atoms with Crippen molar-refractivity contribution in [2.45, 2.75) is 6.61 Å². The maximum Gasteiger partial charge on any atom is 0.129 e. The molecule has 3 aromatic carbocycles. The Hall–Kier alpha value is -3.58. The van der Waals surface area contributed by atoms with Gasteiger partial charge in [-0.1, -0.05) is 54.6 Å². The first-order valence-corrected chi connectivity index (χ1v) is 7.86. The molecule has 0 unspecified atom stereocenters. The van der Waals surface area contributed by atoms with Crippen LogP contribution < -0.4 is 10.6 Å². The molecule has 3 aromatic rings. The third-order valence-corrected chi connectivity index (χ3v) is 3.80. The number of nitriles is 1. The predicted molar refractivity (Wildman–Crippen MR) is 98.2 cm³/mol. The van der Waals surface area contributed by atoms with Crippen LogP contribution >= 0.6 is 0 Å². The topological polar surface area (TPSA) is 71.4 Å². The highest BCUT2D eigenvalue weighted by Gasteiger charge is 2.12. The van der Waals surface area contributed by atoms with Gasteiger partial charge in [0.2, 0.25) is 0 Å². The second kappa shape index (κ2) is 7.80. The van der Waals surface area contributed by atoms with Crippen molar-refractivity contribution < 1.29 is 4.74 Å². The van der Waals surface area contributed by atoms with E-state index in [2.05, 4.69) is 11.2 Å². The molecule has 0 aliphatic rings. The third-order valence-electron chi connectivity index (χ3n) is 3.80. The van der Waals surface area contributed by atoms with E-state index in [1.54, 1.807) is 12.1 Å². The van der Waals surface area contributed by atoms with Crippen LogP contribution in [0.5, 0.6) is 5.75 Å². The molecule has 122 valence electrons. The maximum atomic E-state index is 8.86. The van der Waals surface area contributed by atoms with Crippen LogP contribution in [0.1, 0.15) is 22.3 Å². The number of hydrazone groups is 1. The van der Waals surface area contributed by atoms with Gasteiger partial charge in [0.15, 0.2) is 0 Å². The first kappa shape index (κ1) is 16.3. The van der Waals surface area contributed by atoms with Gasteiger partial charge >= 0.3 is 0 Å². The predicted octanol–water partition coefficient (Wildman–Crippen LogP) is 3.85. The van der Waals surface area contributed by atoms with Crippen LogP contribution in [0.4, 0.5) is 0 Å². The Balaban J connectivity index is 1.84. The highest BCUT2D eigenvalue weighted by molar-refractivity contribution is 6.14. The molecular weight excluding hydrogens is 310 g/mol. The van der Waals surface area contributed by atoms with Crippen molar-refractivity contribution in [3.63, 3.8) is 0 Å². The number of rotatable bonds is 5. The molecule has 4 heteroatoms. The molecule has 0 saturated carbocycles. The molecule has 0 spiro atoms. The SMILES string of the molecule is N#Cc1ccc(COc2ccccc2/C(=N\N)c2ccccc2)cc1. The highest BCUT2D eigenvalue weighted by atomic mass is 16.5. The molecule has 25 heavy (non-hydrogen) atoms. The summed E-state index contributed by atoms with van der Waals surface area (Å²) < 4.78 is 5.98. The molecule has 2 N–H and O–H groups in total. The Morgan fingerprint density at radius 3 is 2.28 bits per heavy atom. The van der Waals surface area contributed by atoms with E-state index in [1.165, 1.54) is 0 Å². The number of benzene rings is 3. The summed E-state index contributed by atoms with van der Waals surface area (Å²) in [5, 5.41) is 12.8. The Morgan fingerprint density at radius 1 is 0.920 bits per heavy atom. The van der Waals surface area contributed by atoms with Crippen LogP contribution in [0.3, 0.4) is 0 Å². The quantitative estimate of drug-likeness (QED) is 0.439. The molecule has 0 saturated heterocycles. The number of hydrogen-bond acceptors (Lipinski definition) is 4. The summed E-state index contributed by atoms with van der Waals surface area (Å²) in [4.78, 5) is 0. The molecule has 0 aliphatic carbocycles. The third kappa shape index (κ3) is 3.85. The molecule has 0 atom stereocenters. The van der Waals surface area contributed by atoms with Gasteiger partial charge in [-0.05, 0) is 29.8 Å². The molecule has 0 aromatic heterocycles. The minimum Gasteiger partial charge on any atom is -0.488 e. The van der Waals surface area contributed by atoms with E-state index in [9.17, 15) is 0 Å². The summed E-state index contributed by atoms with van der Waals surface area (Å²) in [7, 11) is 0. The second-order valence-electron chi connectivity index (χ2n) is 5.44. The lowest BCUT2D eigenvalue weighted by atomic mass is 10.0. The smallest absolute Gasteiger partial charge is 0.129 e.